The summed E-state index contributed by atoms with van der Waals surface area (Å²) in [6.07, 6.45) is 1.77. The van der Waals surface area contributed by atoms with Gasteiger partial charge in [0, 0.05) is 0 Å². The smallest absolute Gasteiger partial charge is 0.228 e. The van der Waals surface area contributed by atoms with Crippen LogP contribution in [-0.2, 0) is 21.1 Å². The van der Waals surface area contributed by atoms with Gasteiger partial charge in [-0.25, -0.2) is 13.4 Å². The fourth-order valence-corrected chi connectivity index (χ4v) is 3.02. The minimum atomic E-state index is -3.21. The first-order chi connectivity index (χ1) is 10.4. The number of hydrogen-bond acceptors (Lipinski definition) is 4. The van der Waals surface area contributed by atoms with Crippen molar-refractivity contribution in [1.82, 2.24) is 4.98 Å². The zero-order chi connectivity index (χ0) is 16.2. The Morgan fingerprint density at radius 2 is 1.86 bits per heavy atom. The largest absolute Gasteiger partial charge is 0.324 e. The highest BCUT2D eigenvalue weighted by Gasteiger charge is 2.11. The van der Waals surface area contributed by atoms with Gasteiger partial charge in [-0.15, -0.1) is 0 Å². The number of halogens is 1. The molecule has 0 aliphatic heterocycles. The van der Waals surface area contributed by atoms with Gasteiger partial charge in [-0.3, -0.25) is 4.79 Å². The third-order valence-electron chi connectivity index (χ3n) is 3.04. The van der Waals surface area contributed by atoms with E-state index in [1.165, 1.54) is 12.1 Å². The average molecular weight is 430 g/mol. The minimum absolute atomic E-state index is 0.0621. The molecule has 0 aliphatic carbocycles. The van der Waals surface area contributed by atoms with Crippen molar-refractivity contribution in [3.8, 4) is 0 Å². The Morgan fingerprint density at radius 1 is 1.18 bits per heavy atom. The molecule has 0 atom stereocenters. The number of carbonyl (C=O) groups excluding carboxylic acids is 1. The maximum Gasteiger partial charge on any atom is 0.228 e. The SMILES string of the molecule is CCS(=O)(=O)c1ccc(CC(=O)Nc2ccc(I)nc2)cc1. The molecule has 0 saturated carbocycles. The van der Waals surface area contributed by atoms with Gasteiger partial charge in [-0.2, -0.15) is 0 Å². The lowest BCUT2D eigenvalue weighted by molar-refractivity contribution is -0.115. The van der Waals surface area contributed by atoms with Gasteiger partial charge in [0.1, 0.15) is 3.70 Å². The lowest BCUT2D eigenvalue weighted by atomic mass is 10.1. The third kappa shape index (κ3) is 4.51. The summed E-state index contributed by atoms with van der Waals surface area (Å²) in [7, 11) is -3.21. The molecular formula is C15H15IN2O3S. The maximum atomic E-state index is 11.9. The highest BCUT2D eigenvalue weighted by atomic mass is 127. The van der Waals surface area contributed by atoms with Gasteiger partial charge in [0.2, 0.25) is 5.91 Å². The van der Waals surface area contributed by atoms with Gasteiger partial charge in [-0.05, 0) is 52.4 Å². The molecule has 0 radical (unpaired) electrons. The second-order valence-corrected chi connectivity index (χ2v) is 8.03. The number of rotatable bonds is 5. The Kier molecular flexibility index (Phi) is 5.52. The van der Waals surface area contributed by atoms with Crippen LogP contribution in [0.5, 0.6) is 0 Å². The molecule has 1 aromatic heterocycles. The third-order valence-corrected chi connectivity index (χ3v) is 5.43. The normalized spacial score (nSPS) is 11.2. The summed E-state index contributed by atoms with van der Waals surface area (Å²) in [6, 6.07) is 9.98. The van der Waals surface area contributed by atoms with Gasteiger partial charge in [0.15, 0.2) is 9.84 Å². The fourth-order valence-electron chi connectivity index (χ4n) is 1.82. The van der Waals surface area contributed by atoms with Crippen LogP contribution in [0.1, 0.15) is 12.5 Å². The molecule has 0 aliphatic rings. The summed E-state index contributed by atoms with van der Waals surface area (Å²) in [5.74, 6) is -0.110. The monoisotopic (exact) mass is 430 g/mol. The minimum Gasteiger partial charge on any atom is -0.324 e. The highest BCUT2D eigenvalue weighted by Crippen LogP contribution is 2.13. The molecule has 1 aromatic carbocycles. The lowest BCUT2D eigenvalue weighted by Gasteiger charge is -2.06. The van der Waals surface area contributed by atoms with Crippen molar-refractivity contribution in [2.45, 2.75) is 18.2 Å². The molecule has 7 heteroatoms. The van der Waals surface area contributed by atoms with Crippen LogP contribution in [-0.4, -0.2) is 25.1 Å². The van der Waals surface area contributed by atoms with Gasteiger partial charge < -0.3 is 5.32 Å². The number of nitrogens with zero attached hydrogens (tertiary/aromatic N) is 1. The summed E-state index contributed by atoms with van der Waals surface area (Å²) < 4.78 is 24.3. The van der Waals surface area contributed by atoms with Crippen LogP contribution < -0.4 is 5.32 Å². The molecule has 0 bridgehead atoms. The number of benzene rings is 1. The van der Waals surface area contributed by atoms with Gasteiger partial charge in [0.25, 0.3) is 0 Å². The molecule has 0 fully saturated rings. The van der Waals surface area contributed by atoms with E-state index in [0.29, 0.717) is 5.69 Å². The predicted molar refractivity (Wildman–Crippen MR) is 93.5 cm³/mol. The topological polar surface area (TPSA) is 76.1 Å². The van der Waals surface area contributed by atoms with Gasteiger partial charge >= 0.3 is 0 Å². The summed E-state index contributed by atoms with van der Waals surface area (Å²) in [6.45, 7) is 1.60. The zero-order valence-corrected chi connectivity index (χ0v) is 14.9. The van der Waals surface area contributed by atoms with Gasteiger partial charge in [-0.1, -0.05) is 19.1 Å². The summed E-state index contributed by atoms with van der Waals surface area (Å²) in [5.41, 5.74) is 1.39. The van der Waals surface area contributed by atoms with E-state index < -0.39 is 9.84 Å². The Hall–Kier alpha value is -1.48. The van der Waals surface area contributed by atoms with E-state index >= 15 is 0 Å². The number of pyridine rings is 1. The van der Waals surface area contributed by atoms with Crippen LogP contribution in [0.2, 0.25) is 0 Å². The molecule has 5 nitrogen and oxygen atoms in total. The van der Waals surface area contributed by atoms with Crippen LogP contribution in [0.3, 0.4) is 0 Å². The second-order valence-electron chi connectivity index (χ2n) is 4.64. The number of aromatic nitrogens is 1. The second kappa shape index (κ2) is 7.19. The van der Waals surface area contributed by atoms with E-state index in [4.69, 9.17) is 0 Å². The van der Waals surface area contributed by atoms with Crippen molar-refractivity contribution in [2.75, 3.05) is 11.1 Å². The predicted octanol–water partition coefficient (Wildman–Crippen LogP) is 2.66. The maximum absolute atomic E-state index is 11.9. The molecule has 0 unspecified atom stereocenters. The summed E-state index contributed by atoms with van der Waals surface area (Å²) in [4.78, 5) is 16.3. The molecule has 2 aromatic rings. The Bertz CT molecular complexity index is 756. The van der Waals surface area contributed by atoms with E-state index in [-0.39, 0.29) is 23.0 Å². The average Bonchev–Trinajstić information content (AvgIpc) is 2.50. The number of sulfone groups is 1. The van der Waals surface area contributed by atoms with Crippen molar-refractivity contribution in [2.24, 2.45) is 0 Å². The molecule has 1 heterocycles. The van der Waals surface area contributed by atoms with E-state index in [2.05, 4.69) is 32.9 Å². The standard InChI is InChI=1S/C15H15IN2O3S/c1-2-22(20,21)13-6-3-11(4-7-13)9-15(19)18-12-5-8-14(16)17-10-12/h3-8,10H,2,9H2,1H3,(H,18,19). The summed E-state index contributed by atoms with van der Waals surface area (Å²) >= 11 is 2.09. The van der Waals surface area contributed by atoms with E-state index in [9.17, 15) is 13.2 Å². The number of anilines is 1. The highest BCUT2D eigenvalue weighted by molar-refractivity contribution is 14.1. The first-order valence-corrected chi connectivity index (χ1v) is 9.37. The fraction of sp³-hybridized carbons (Fsp3) is 0.200. The zero-order valence-electron chi connectivity index (χ0n) is 11.9. The van der Waals surface area contributed by atoms with Crippen molar-refractivity contribution in [1.29, 1.82) is 0 Å². The Balaban J connectivity index is 2.01. The van der Waals surface area contributed by atoms with E-state index in [1.54, 1.807) is 37.4 Å². The lowest BCUT2D eigenvalue weighted by Crippen LogP contribution is -2.14. The molecule has 1 amide bonds. The van der Waals surface area contributed by atoms with Crippen molar-refractivity contribution in [3.63, 3.8) is 0 Å². The molecule has 0 spiro atoms. The Morgan fingerprint density at radius 3 is 2.41 bits per heavy atom. The molecule has 116 valence electrons. The molecule has 0 saturated heterocycles. The first-order valence-electron chi connectivity index (χ1n) is 6.64. The van der Waals surface area contributed by atoms with Crippen LogP contribution in [0.4, 0.5) is 5.69 Å². The van der Waals surface area contributed by atoms with Crippen molar-refractivity contribution >= 4 is 44.0 Å². The van der Waals surface area contributed by atoms with Crippen LogP contribution in [0.25, 0.3) is 0 Å². The molecule has 2 rings (SSSR count). The summed E-state index contributed by atoms with van der Waals surface area (Å²) in [5, 5.41) is 2.75. The number of amides is 1. The van der Waals surface area contributed by atoms with Crippen LogP contribution >= 0.6 is 22.6 Å². The van der Waals surface area contributed by atoms with Crippen molar-refractivity contribution < 1.29 is 13.2 Å². The number of carbonyl (C=O) groups is 1. The molecule has 22 heavy (non-hydrogen) atoms. The van der Waals surface area contributed by atoms with Crippen LogP contribution in [0, 0.1) is 3.70 Å². The van der Waals surface area contributed by atoms with Gasteiger partial charge in [0.05, 0.1) is 29.0 Å². The molecular weight excluding hydrogens is 415 g/mol. The van der Waals surface area contributed by atoms with E-state index in [0.717, 1.165) is 9.26 Å². The molecule has 1 N–H and O–H groups in total. The Labute approximate surface area is 143 Å². The number of nitrogens with one attached hydrogen (secondary N) is 1. The van der Waals surface area contributed by atoms with Crippen molar-refractivity contribution in [3.05, 3.63) is 51.9 Å². The number of hydrogen-bond donors (Lipinski definition) is 1. The van der Waals surface area contributed by atoms with Crippen LogP contribution in [0.15, 0.2) is 47.5 Å². The van der Waals surface area contributed by atoms with E-state index in [1.807, 2.05) is 0 Å². The first kappa shape index (κ1) is 16.9. The quantitative estimate of drug-likeness (QED) is 0.585.